The minimum atomic E-state index is -3.16. The third-order valence-electron chi connectivity index (χ3n) is 5.09. The Balaban J connectivity index is 1.43. The molecule has 2 aromatic heterocycles. The van der Waals surface area contributed by atoms with Crippen LogP contribution in [0.25, 0.3) is 10.9 Å². The van der Waals surface area contributed by atoms with Crippen LogP contribution >= 0.6 is 0 Å². The van der Waals surface area contributed by atoms with Crippen molar-refractivity contribution < 1.29 is 8.42 Å². The number of aryl methyl sites for hydroxylation is 2. The van der Waals surface area contributed by atoms with Crippen molar-refractivity contribution in [2.75, 3.05) is 28.5 Å². The maximum atomic E-state index is 12.0. The molecule has 7 heteroatoms. The lowest BCUT2D eigenvalue weighted by atomic mass is 10.1. The van der Waals surface area contributed by atoms with Gasteiger partial charge in [-0.1, -0.05) is 11.6 Å². The average molecular weight is 385 g/mol. The van der Waals surface area contributed by atoms with Crippen LogP contribution in [0.3, 0.4) is 0 Å². The van der Waals surface area contributed by atoms with Crippen LogP contribution in [-0.2, 0) is 16.4 Å². The molecule has 2 N–H and O–H groups in total. The van der Waals surface area contributed by atoms with Gasteiger partial charge in [-0.2, -0.15) is 0 Å². The van der Waals surface area contributed by atoms with Crippen molar-refractivity contribution in [3.63, 3.8) is 0 Å². The number of nitrogens with one attached hydrogen (secondary N) is 2. The van der Waals surface area contributed by atoms with E-state index in [1.807, 2.05) is 12.1 Å². The lowest BCUT2D eigenvalue weighted by Gasteiger charge is -2.16. The Morgan fingerprint density at radius 3 is 2.78 bits per heavy atom. The highest BCUT2D eigenvalue weighted by Crippen LogP contribution is 2.25. The second kappa shape index (κ2) is 6.88. The molecule has 0 radical (unpaired) electrons. The van der Waals surface area contributed by atoms with E-state index >= 15 is 0 Å². The molecule has 1 aromatic carbocycles. The van der Waals surface area contributed by atoms with Crippen LogP contribution in [-0.4, -0.2) is 37.2 Å². The topological polar surface area (TPSA) is 78.1 Å². The molecular weight excluding hydrogens is 360 g/mol. The summed E-state index contributed by atoms with van der Waals surface area (Å²) in [4.78, 5) is 7.83. The highest BCUT2D eigenvalue weighted by molar-refractivity contribution is 7.93. The van der Waals surface area contributed by atoms with Gasteiger partial charge in [0.2, 0.25) is 10.0 Å². The number of hydrogen-bond donors (Lipinski definition) is 2. The lowest BCUT2D eigenvalue weighted by molar-refractivity contribution is 0.599. The predicted octanol–water partition coefficient (Wildman–Crippen LogP) is 3.37. The Bertz CT molecular complexity index is 1070. The Labute approximate surface area is 159 Å². The van der Waals surface area contributed by atoms with Crippen molar-refractivity contribution in [1.82, 2.24) is 9.97 Å². The van der Waals surface area contributed by atoms with Crippen LogP contribution in [0.1, 0.15) is 23.2 Å². The van der Waals surface area contributed by atoms with Crippen molar-refractivity contribution in [2.24, 2.45) is 0 Å². The molecule has 0 aliphatic carbocycles. The van der Waals surface area contributed by atoms with E-state index < -0.39 is 10.0 Å². The van der Waals surface area contributed by atoms with E-state index in [0.29, 0.717) is 18.7 Å². The lowest BCUT2D eigenvalue weighted by Crippen LogP contribution is -2.25. The molecule has 1 aliphatic heterocycles. The number of nitrogens with zero attached hydrogens (tertiary/aromatic N) is 2. The average Bonchev–Trinajstić information content (AvgIpc) is 3.14. The first kappa shape index (κ1) is 17.9. The van der Waals surface area contributed by atoms with Gasteiger partial charge in [-0.3, -0.25) is 4.31 Å². The summed E-state index contributed by atoms with van der Waals surface area (Å²) in [6.07, 6.45) is 3.19. The monoisotopic (exact) mass is 384 g/mol. The molecule has 0 atom stereocenters. The summed E-state index contributed by atoms with van der Waals surface area (Å²) in [7, 11) is -3.16. The summed E-state index contributed by atoms with van der Waals surface area (Å²) >= 11 is 0. The molecule has 0 unspecified atom stereocenters. The fraction of sp³-hybridized carbons (Fsp3) is 0.350. The van der Waals surface area contributed by atoms with Gasteiger partial charge in [0.1, 0.15) is 5.82 Å². The zero-order chi connectivity index (χ0) is 19.0. The molecule has 0 bridgehead atoms. The van der Waals surface area contributed by atoms with Crippen LogP contribution in [0, 0.1) is 13.8 Å². The molecule has 3 aromatic rings. The van der Waals surface area contributed by atoms with Gasteiger partial charge in [-0.05, 0) is 56.5 Å². The third-order valence-corrected chi connectivity index (χ3v) is 6.96. The maximum absolute atomic E-state index is 12.0. The molecule has 1 aliphatic rings. The number of pyridine rings is 1. The molecule has 6 nitrogen and oxygen atoms in total. The van der Waals surface area contributed by atoms with E-state index in [9.17, 15) is 8.42 Å². The van der Waals surface area contributed by atoms with Crippen LogP contribution in [0.2, 0.25) is 0 Å². The highest BCUT2D eigenvalue weighted by atomic mass is 32.2. The molecule has 1 saturated heterocycles. The summed E-state index contributed by atoms with van der Waals surface area (Å²) in [5, 5.41) is 4.61. The minimum Gasteiger partial charge on any atom is -0.370 e. The van der Waals surface area contributed by atoms with Crippen LogP contribution in [0.4, 0.5) is 11.5 Å². The number of H-pyrrole nitrogens is 1. The molecule has 1 fully saturated rings. The minimum absolute atomic E-state index is 0.219. The summed E-state index contributed by atoms with van der Waals surface area (Å²) in [6, 6.07) is 10.1. The van der Waals surface area contributed by atoms with E-state index in [-0.39, 0.29) is 5.75 Å². The molecule has 27 heavy (non-hydrogen) atoms. The summed E-state index contributed by atoms with van der Waals surface area (Å²) in [5.74, 6) is 0.972. The fourth-order valence-electron chi connectivity index (χ4n) is 3.70. The first-order chi connectivity index (χ1) is 12.9. The number of hydrogen-bond acceptors (Lipinski definition) is 4. The van der Waals surface area contributed by atoms with Crippen LogP contribution in [0.15, 0.2) is 36.5 Å². The van der Waals surface area contributed by atoms with Crippen molar-refractivity contribution in [3.05, 3.63) is 53.3 Å². The van der Waals surface area contributed by atoms with Crippen molar-refractivity contribution in [1.29, 1.82) is 0 Å². The number of rotatable bonds is 5. The van der Waals surface area contributed by atoms with Gasteiger partial charge in [0, 0.05) is 29.7 Å². The second-order valence-electron chi connectivity index (χ2n) is 7.10. The Hall–Kier alpha value is -2.54. The smallest absolute Gasteiger partial charge is 0.235 e. The van der Waals surface area contributed by atoms with Gasteiger partial charge in [0.15, 0.2) is 0 Å². The molecule has 0 spiro atoms. The van der Waals surface area contributed by atoms with E-state index in [2.05, 4.69) is 47.3 Å². The molecular formula is C20H24N4O2S. The van der Waals surface area contributed by atoms with E-state index in [4.69, 9.17) is 0 Å². The number of anilines is 2. The number of sulfonamides is 1. The summed E-state index contributed by atoms with van der Waals surface area (Å²) in [5.41, 5.74) is 5.58. The van der Waals surface area contributed by atoms with Crippen molar-refractivity contribution in [2.45, 2.75) is 26.7 Å². The van der Waals surface area contributed by atoms with Crippen molar-refractivity contribution in [3.8, 4) is 0 Å². The van der Waals surface area contributed by atoms with Gasteiger partial charge < -0.3 is 10.3 Å². The van der Waals surface area contributed by atoms with Gasteiger partial charge in [0.05, 0.1) is 17.6 Å². The van der Waals surface area contributed by atoms with Crippen LogP contribution < -0.4 is 9.62 Å². The van der Waals surface area contributed by atoms with E-state index in [1.54, 1.807) is 6.20 Å². The molecule has 4 rings (SSSR count). The zero-order valence-corrected chi connectivity index (χ0v) is 16.4. The number of aromatic nitrogens is 2. The molecule has 0 amide bonds. The standard InChI is InChI=1S/C20H24N4O2S/c1-14-4-6-19-18(12-14)17(15(2)23-19)8-9-21-20-7-5-16(13-22-20)24-10-3-11-27(24,25)26/h4-7,12-13,23H,3,8-11H2,1-2H3,(H,21,22). The summed E-state index contributed by atoms with van der Waals surface area (Å²) in [6.45, 7) is 5.51. The van der Waals surface area contributed by atoms with E-state index in [0.717, 1.165) is 18.8 Å². The van der Waals surface area contributed by atoms with Gasteiger partial charge >= 0.3 is 0 Å². The largest absolute Gasteiger partial charge is 0.370 e. The second-order valence-corrected chi connectivity index (χ2v) is 9.11. The Kier molecular flexibility index (Phi) is 4.55. The zero-order valence-electron chi connectivity index (χ0n) is 15.6. The first-order valence-electron chi connectivity index (χ1n) is 9.22. The molecule has 0 saturated carbocycles. The molecule has 142 valence electrons. The van der Waals surface area contributed by atoms with E-state index in [1.165, 1.54) is 32.0 Å². The Morgan fingerprint density at radius 1 is 1.22 bits per heavy atom. The normalized spacial score (nSPS) is 16.1. The third kappa shape index (κ3) is 3.51. The SMILES string of the molecule is Cc1ccc2[nH]c(C)c(CCNc3ccc(N4CCCS4(=O)=O)cn3)c2c1. The number of fused-ring (bicyclic) bond motifs is 1. The van der Waals surface area contributed by atoms with Gasteiger partial charge in [-0.15, -0.1) is 0 Å². The first-order valence-corrected chi connectivity index (χ1v) is 10.8. The maximum Gasteiger partial charge on any atom is 0.235 e. The highest BCUT2D eigenvalue weighted by Gasteiger charge is 2.28. The molecule has 3 heterocycles. The van der Waals surface area contributed by atoms with Gasteiger partial charge in [-0.25, -0.2) is 13.4 Å². The number of aromatic amines is 1. The predicted molar refractivity (Wildman–Crippen MR) is 110 cm³/mol. The number of benzene rings is 1. The Morgan fingerprint density at radius 2 is 2.07 bits per heavy atom. The quantitative estimate of drug-likeness (QED) is 0.707. The van der Waals surface area contributed by atoms with Crippen molar-refractivity contribution >= 4 is 32.4 Å². The van der Waals surface area contributed by atoms with Crippen LogP contribution in [0.5, 0.6) is 0 Å². The fourth-order valence-corrected chi connectivity index (χ4v) is 5.25. The summed E-state index contributed by atoms with van der Waals surface area (Å²) < 4.78 is 25.4. The van der Waals surface area contributed by atoms with Gasteiger partial charge in [0.25, 0.3) is 0 Å².